The molecule has 1 aliphatic rings. The number of halogens is 3. The van der Waals surface area contributed by atoms with Gasteiger partial charge in [-0.15, -0.1) is 0 Å². The molecule has 4 heterocycles. The highest BCUT2D eigenvalue weighted by atomic mass is 32.2. The molecule has 0 saturated carbocycles. The number of nitrogens with one attached hydrogen (secondary N) is 1. The fourth-order valence-electron chi connectivity index (χ4n) is 5.41. The number of aliphatic hydroxyl groups is 1. The summed E-state index contributed by atoms with van der Waals surface area (Å²) in [5, 5.41) is 13.1. The highest BCUT2D eigenvalue weighted by Crippen LogP contribution is 2.35. The molecule has 0 spiro atoms. The highest BCUT2D eigenvalue weighted by molar-refractivity contribution is 7.90. The number of likely N-dealkylation sites (tertiary alicyclic amines) is 1. The molecular weight excluding hydrogens is 549 g/mol. The van der Waals surface area contributed by atoms with Gasteiger partial charge < -0.3 is 15.0 Å². The fourth-order valence-corrected chi connectivity index (χ4v) is 6.73. The zero-order valence-electron chi connectivity index (χ0n) is 21.8. The van der Waals surface area contributed by atoms with Crippen LogP contribution in [0.3, 0.4) is 0 Å². The lowest BCUT2D eigenvalue weighted by molar-refractivity contribution is -0.141. The number of aliphatic hydroxyl groups excluding tert-OH is 1. The average molecular weight is 579 g/mol. The molecule has 2 N–H and O–H groups in total. The number of aromatic nitrogens is 4. The van der Waals surface area contributed by atoms with Crippen molar-refractivity contribution in [2.45, 2.75) is 55.9 Å². The number of carbonyl (C=O) groups excluding carboxylic acids is 1. The summed E-state index contributed by atoms with van der Waals surface area (Å²) in [4.78, 5) is 23.5. The van der Waals surface area contributed by atoms with Crippen molar-refractivity contribution in [2.24, 2.45) is 0 Å². The minimum Gasteiger partial charge on any atom is -0.385 e. The average Bonchev–Trinajstić information content (AvgIpc) is 3.64. The topological polar surface area (TPSA) is 122 Å². The van der Waals surface area contributed by atoms with Crippen molar-refractivity contribution in [1.82, 2.24) is 28.7 Å². The van der Waals surface area contributed by atoms with Gasteiger partial charge in [-0.2, -0.15) is 13.2 Å². The second-order valence-corrected chi connectivity index (χ2v) is 11.7. The third-order valence-electron chi connectivity index (χ3n) is 7.18. The minimum absolute atomic E-state index is 0.105. The summed E-state index contributed by atoms with van der Waals surface area (Å²) in [5.74, 6) is -0.342. The second kappa shape index (κ2) is 10.5. The van der Waals surface area contributed by atoms with Crippen LogP contribution in [0.25, 0.3) is 22.1 Å². The first-order valence-electron chi connectivity index (χ1n) is 12.9. The van der Waals surface area contributed by atoms with Crippen molar-refractivity contribution in [3.8, 4) is 0 Å². The van der Waals surface area contributed by atoms with Gasteiger partial charge in [0.15, 0.2) is 5.65 Å². The number of nitrogens with zero attached hydrogens (tertiary/aromatic N) is 5. The van der Waals surface area contributed by atoms with Crippen LogP contribution in [0.5, 0.6) is 0 Å². The maximum atomic E-state index is 13.4. The monoisotopic (exact) mass is 578 g/mol. The van der Waals surface area contributed by atoms with Gasteiger partial charge in [0.2, 0.25) is 5.91 Å². The Bertz CT molecular complexity index is 1650. The predicted molar refractivity (Wildman–Crippen MR) is 141 cm³/mol. The Morgan fingerprint density at radius 1 is 1.23 bits per heavy atom. The van der Waals surface area contributed by atoms with E-state index in [0.717, 1.165) is 3.97 Å². The van der Waals surface area contributed by atoms with Crippen molar-refractivity contribution in [3.63, 3.8) is 0 Å². The number of hydrogen-bond donors (Lipinski definition) is 2. The van der Waals surface area contributed by atoms with Crippen LogP contribution in [-0.4, -0.2) is 74.7 Å². The lowest BCUT2D eigenvalue weighted by Crippen LogP contribution is -2.48. The molecule has 0 radical (unpaired) electrons. The Labute approximate surface area is 228 Å². The molecule has 1 aliphatic heterocycles. The molecule has 10 nitrogen and oxygen atoms in total. The summed E-state index contributed by atoms with van der Waals surface area (Å²) >= 11 is 0. The third kappa shape index (κ3) is 5.06. The first-order valence-corrected chi connectivity index (χ1v) is 14.3. The number of amides is 1. The molecule has 1 fully saturated rings. The molecule has 40 heavy (non-hydrogen) atoms. The van der Waals surface area contributed by atoms with Crippen LogP contribution in [0.15, 0.2) is 53.7 Å². The summed E-state index contributed by atoms with van der Waals surface area (Å²) in [7, 11) is -3.94. The number of rotatable bonds is 8. The third-order valence-corrected chi connectivity index (χ3v) is 8.86. The highest BCUT2D eigenvalue weighted by Gasteiger charge is 2.36. The lowest BCUT2D eigenvalue weighted by atomic mass is 10.2. The standard InChI is InChI=1S/C26H29F3N6O4S/c1-3-21(25(37)31-15-26(27,28)29)33-11-9-17(14-33)35-22-19-10-12-34(40(38,39)18-7-5-4-6-8-18)24(19)30-13-20(22)32-23(35)16(2)36/h4-8,10,12-13,16-17,21,36H,3,9,11,14-15H2,1-2H3,(H,31,37)/t16?,17-,21?/m0/s1. The molecule has 1 amide bonds. The molecule has 2 unspecified atom stereocenters. The number of imidazole rings is 1. The molecule has 1 aromatic carbocycles. The van der Waals surface area contributed by atoms with Gasteiger partial charge in [0.05, 0.1) is 22.7 Å². The molecule has 214 valence electrons. The molecular formula is C26H29F3N6O4S. The molecule has 4 aromatic rings. The van der Waals surface area contributed by atoms with Crippen LogP contribution in [0.1, 0.15) is 44.7 Å². The van der Waals surface area contributed by atoms with E-state index in [4.69, 9.17) is 0 Å². The van der Waals surface area contributed by atoms with E-state index >= 15 is 0 Å². The second-order valence-electron chi connectivity index (χ2n) is 9.87. The Hall–Kier alpha value is -3.49. The van der Waals surface area contributed by atoms with Crippen molar-refractivity contribution in [1.29, 1.82) is 0 Å². The molecule has 0 aliphatic carbocycles. The van der Waals surface area contributed by atoms with Gasteiger partial charge in [-0.05, 0) is 38.0 Å². The molecule has 3 atom stereocenters. The molecule has 1 saturated heterocycles. The Morgan fingerprint density at radius 2 is 1.95 bits per heavy atom. The smallest absolute Gasteiger partial charge is 0.385 e. The Kier molecular flexibility index (Phi) is 7.35. The van der Waals surface area contributed by atoms with Crippen LogP contribution < -0.4 is 5.32 Å². The number of pyridine rings is 1. The summed E-state index contributed by atoms with van der Waals surface area (Å²) in [6.07, 6.45) is -1.72. The molecule has 14 heteroatoms. The van der Waals surface area contributed by atoms with Crippen LogP contribution in [0, 0.1) is 0 Å². The maximum Gasteiger partial charge on any atom is 0.405 e. The van der Waals surface area contributed by atoms with E-state index in [0.29, 0.717) is 48.2 Å². The largest absolute Gasteiger partial charge is 0.405 e. The van der Waals surface area contributed by atoms with Crippen molar-refractivity contribution in [3.05, 3.63) is 54.6 Å². The summed E-state index contributed by atoms with van der Waals surface area (Å²) in [5.41, 5.74) is 1.25. The SMILES string of the molecule is CCC(C(=O)NCC(F)(F)F)N1CC[C@H](n2c(C(C)O)nc3cnc4c(ccn4S(=O)(=O)c4ccccc4)c32)C1. The Morgan fingerprint density at radius 3 is 2.60 bits per heavy atom. The van der Waals surface area contributed by atoms with E-state index in [1.54, 1.807) is 38.1 Å². The van der Waals surface area contributed by atoms with Gasteiger partial charge >= 0.3 is 6.18 Å². The van der Waals surface area contributed by atoms with E-state index in [1.165, 1.54) is 24.5 Å². The summed E-state index contributed by atoms with van der Waals surface area (Å²) in [6, 6.07) is 8.59. The van der Waals surface area contributed by atoms with E-state index in [2.05, 4.69) is 9.97 Å². The maximum absolute atomic E-state index is 13.4. The predicted octanol–water partition coefficient (Wildman–Crippen LogP) is 3.38. The molecule has 3 aromatic heterocycles. The van der Waals surface area contributed by atoms with E-state index in [9.17, 15) is 31.5 Å². The van der Waals surface area contributed by atoms with Gasteiger partial charge in [0.1, 0.15) is 24.0 Å². The van der Waals surface area contributed by atoms with Gasteiger partial charge in [-0.1, -0.05) is 25.1 Å². The zero-order chi connectivity index (χ0) is 28.8. The number of carbonyl (C=O) groups is 1. The lowest BCUT2D eigenvalue weighted by Gasteiger charge is -2.26. The zero-order valence-corrected chi connectivity index (χ0v) is 22.7. The van der Waals surface area contributed by atoms with Crippen LogP contribution in [-0.2, 0) is 14.8 Å². The van der Waals surface area contributed by atoms with Crippen molar-refractivity contribution >= 4 is 38.0 Å². The summed E-state index contributed by atoms with van der Waals surface area (Å²) in [6.45, 7) is 2.69. The van der Waals surface area contributed by atoms with Gasteiger partial charge in [0, 0.05) is 30.7 Å². The number of hydrogen-bond acceptors (Lipinski definition) is 7. The first-order chi connectivity index (χ1) is 18.9. The fraction of sp³-hybridized carbons (Fsp3) is 0.423. The number of alkyl halides is 3. The van der Waals surface area contributed by atoms with Crippen molar-refractivity contribution in [2.75, 3.05) is 19.6 Å². The first kappa shape index (κ1) is 28.1. The molecule has 0 bridgehead atoms. The summed E-state index contributed by atoms with van der Waals surface area (Å²) < 4.78 is 67.7. The van der Waals surface area contributed by atoms with Gasteiger partial charge in [-0.25, -0.2) is 22.4 Å². The van der Waals surface area contributed by atoms with Crippen LogP contribution in [0.4, 0.5) is 13.2 Å². The quantitative estimate of drug-likeness (QED) is 0.329. The molecule has 5 rings (SSSR count). The van der Waals surface area contributed by atoms with Crippen molar-refractivity contribution < 1.29 is 31.5 Å². The van der Waals surface area contributed by atoms with Gasteiger partial charge in [-0.3, -0.25) is 9.69 Å². The van der Waals surface area contributed by atoms with Crippen LogP contribution >= 0.6 is 0 Å². The number of benzene rings is 1. The van der Waals surface area contributed by atoms with E-state index in [-0.39, 0.29) is 16.6 Å². The van der Waals surface area contributed by atoms with E-state index in [1.807, 2.05) is 14.8 Å². The van der Waals surface area contributed by atoms with E-state index < -0.39 is 40.8 Å². The Balaban J connectivity index is 1.54. The number of fused-ring (bicyclic) bond motifs is 3. The van der Waals surface area contributed by atoms with Gasteiger partial charge in [0.25, 0.3) is 10.0 Å². The normalized spacial score (nSPS) is 18.4. The minimum atomic E-state index is -4.51. The van der Waals surface area contributed by atoms with Crippen LogP contribution in [0.2, 0.25) is 0 Å².